The van der Waals surface area contributed by atoms with Crippen molar-refractivity contribution in [3.63, 3.8) is 0 Å². The number of hydrogen-bond acceptors (Lipinski definition) is 5. The summed E-state index contributed by atoms with van der Waals surface area (Å²) in [6, 6.07) is 16.4. The zero-order chi connectivity index (χ0) is 26.3. The minimum absolute atomic E-state index is 0.0694. The van der Waals surface area contributed by atoms with Crippen LogP contribution >= 0.6 is 11.6 Å². The molecule has 8 heteroatoms. The van der Waals surface area contributed by atoms with Crippen LogP contribution in [0.4, 0.5) is 4.39 Å². The zero-order valence-electron chi connectivity index (χ0n) is 20.3. The summed E-state index contributed by atoms with van der Waals surface area (Å²) in [6.07, 6.45) is 3.29. The van der Waals surface area contributed by atoms with Gasteiger partial charge in [0.1, 0.15) is 11.4 Å². The van der Waals surface area contributed by atoms with E-state index in [0.29, 0.717) is 17.8 Å². The number of fused-ring (bicyclic) bond motifs is 1. The number of aromatic nitrogens is 2. The summed E-state index contributed by atoms with van der Waals surface area (Å²) in [6.45, 7) is 3.58. The van der Waals surface area contributed by atoms with Crippen molar-refractivity contribution >= 4 is 17.3 Å². The van der Waals surface area contributed by atoms with E-state index in [9.17, 15) is 19.4 Å². The topological polar surface area (TPSA) is 87.7 Å². The third kappa shape index (κ3) is 4.85. The number of benzene rings is 2. The SMILES string of the molecule is CC(C)(O)c1cc(C2=NCc3ccc(-c4ccn([C@H](CO)c5ccc(F)c(Cl)c5)c(=O)c4)cc32)ccn1. The molecular weight excluding hydrogens is 493 g/mol. The van der Waals surface area contributed by atoms with Crippen LogP contribution in [0.1, 0.15) is 47.8 Å². The van der Waals surface area contributed by atoms with E-state index >= 15 is 0 Å². The summed E-state index contributed by atoms with van der Waals surface area (Å²) in [5.74, 6) is -0.563. The van der Waals surface area contributed by atoms with E-state index < -0.39 is 17.5 Å². The Bertz CT molecular complexity index is 1590. The molecule has 0 radical (unpaired) electrons. The molecule has 4 aromatic rings. The molecular formula is C29H25ClFN3O3. The Labute approximate surface area is 218 Å². The van der Waals surface area contributed by atoms with Gasteiger partial charge in [-0.1, -0.05) is 29.8 Å². The standard InChI is InChI=1S/C29H25ClFN3O3/c1-29(2,37)26-13-20(7-9-32-26)28-22-11-17(3-4-21(22)15-33-28)18-8-10-34(27(36)14-18)25(16-35)19-5-6-24(31)23(30)12-19/h3-14,25,35,37H,15-16H2,1-2H3/t25-/m1/s1. The molecule has 2 aromatic carbocycles. The van der Waals surface area contributed by atoms with Gasteiger partial charge in [-0.2, -0.15) is 0 Å². The Morgan fingerprint density at radius 1 is 1.05 bits per heavy atom. The quantitative estimate of drug-likeness (QED) is 0.382. The average Bonchev–Trinajstić information content (AvgIpc) is 3.30. The van der Waals surface area contributed by atoms with Crippen LogP contribution in [0, 0.1) is 5.82 Å². The maximum absolute atomic E-state index is 13.6. The van der Waals surface area contributed by atoms with E-state index in [-0.39, 0.29) is 17.2 Å². The predicted molar refractivity (Wildman–Crippen MR) is 142 cm³/mol. The van der Waals surface area contributed by atoms with Gasteiger partial charge in [-0.05, 0) is 72.5 Å². The Hall–Kier alpha value is -3.65. The number of halogens is 2. The lowest BCUT2D eigenvalue weighted by atomic mass is 9.94. The Morgan fingerprint density at radius 2 is 1.84 bits per heavy atom. The number of aliphatic hydroxyl groups is 2. The lowest BCUT2D eigenvalue weighted by Crippen LogP contribution is -2.26. The highest BCUT2D eigenvalue weighted by Gasteiger charge is 2.23. The number of pyridine rings is 2. The zero-order valence-corrected chi connectivity index (χ0v) is 21.1. The fourth-order valence-corrected chi connectivity index (χ4v) is 4.71. The van der Waals surface area contributed by atoms with Crippen molar-refractivity contribution in [1.82, 2.24) is 9.55 Å². The van der Waals surface area contributed by atoms with Gasteiger partial charge in [0.25, 0.3) is 5.56 Å². The Morgan fingerprint density at radius 3 is 2.54 bits per heavy atom. The molecule has 0 amide bonds. The Kier molecular flexibility index (Phi) is 6.54. The van der Waals surface area contributed by atoms with Gasteiger partial charge in [0.15, 0.2) is 0 Å². The van der Waals surface area contributed by atoms with E-state index in [4.69, 9.17) is 16.6 Å². The third-order valence-corrected chi connectivity index (χ3v) is 6.84. The minimum Gasteiger partial charge on any atom is -0.394 e. The highest BCUT2D eigenvalue weighted by molar-refractivity contribution is 6.30. The number of rotatable bonds is 6. The van der Waals surface area contributed by atoms with Crippen LogP contribution in [-0.4, -0.2) is 32.1 Å². The first-order valence-corrected chi connectivity index (χ1v) is 12.2. The highest BCUT2D eigenvalue weighted by Crippen LogP contribution is 2.30. The molecule has 37 heavy (non-hydrogen) atoms. The first kappa shape index (κ1) is 25.0. The molecule has 2 N–H and O–H groups in total. The molecule has 6 nitrogen and oxygen atoms in total. The summed E-state index contributed by atoms with van der Waals surface area (Å²) >= 11 is 5.91. The van der Waals surface area contributed by atoms with Gasteiger partial charge in [-0.25, -0.2) is 4.39 Å². The maximum Gasteiger partial charge on any atom is 0.251 e. The van der Waals surface area contributed by atoms with Crippen LogP contribution in [0.5, 0.6) is 0 Å². The van der Waals surface area contributed by atoms with E-state index in [1.807, 2.05) is 36.4 Å². The summed E-state index contributed by atoms with van der Waals surface area (Å²) in [4.78, 5) is 22.1. The van der Waals surface area contributed by atoms with Crippen molar-refractivity contribution in [2.75, 3.05) is 6.61 Å². The van der Waals surface area contributed by atoms with Crippen LogP contribution in [0.2, 0.25) is 5.02 Å². The van der Waals surface area contributed by atoms with E-state index in [1.165, 1.54) is 28.8 Å². The summed E-state index contributed by atoms with van der Waals surface area (Å²) < 4.78 is 15.0. The number of aliphatic hydroxyl groups excluding tert-OH is 1. The smallest absolute Gasteiger partial charge is 0.251 e. The first-order valence-electron chi connectivity index (χ1n) is 11.8. The third-order valence-electron chi connectivity index (χ3n) is 6.55. The fourth-order valence-electron chi connectivity index (χ4n) is 4.52. The van der Waals surface area contributed by atoms with Crippen molar-refractivity contribution in [3.8, 4) is 11.1 Å². The van der Waals surface area contributed by atoms with Gasteiger partial charge in [0, 0.05) is 29.6 Å². The maximum atomic E-state index is 13.6. The molecule has 0 unspecified atom stereocenters. The second kappa shape index (κ2) is 9.67. The highest BCUT2D eigenvalue weighted by atomic mass is 35.5. The minimum atomic E-state index is -1.07. The molecule has 0 spiro atoms. The van der Waals surface area contributed by atoms with Crippen molar-refractivity contribution in [1.29, 1.82) is 0 Å². The van der Waals surface area contributed by atoms with Gasteiger partial charge in [0.05, 0.1) is 35.6 Å². The number of nitrogens with zero attached hydrogens (tertiary/aromatic N) is 3. The molecule has 1 atom stereocenters. The lowest BCUT2D eigenvalue weighted by Gasteiger charge is -2.19. The van der Waals surface area contributed by atoms with Crippen LogP contribution in [0.25, 0.3) is 11.1 Å². The second-order valence-electron chi connectivity index (χ2n) is 9.56. The average molecular weight is 518 g/mol. The molecule has 0 aliphatic carbocycles. The molecule has 2 aromatic heterocycles. The van der Waals surface area contributed by atoms with E-state index in [2.05, 4.69) is 4.98 Å². The summed E-state index contributed by atoms with van der Waals surface area (Å²) in [5, 5.41) is 20.3. The van der Waals surface area contributed by atoms with Gasteiger partial charge >= 0.3 is 0 Å². The first-order chi connectivity index (χ1) is 17.7. The monoisotopic (exact) mass is 517 g/mol. The predicted octanol–water partition coefficient (Wildman–Crippen LogP) is 4.86. The molecule has 5 rings (SSSR count). The van der Waals surface area contributed by atoms with Crippen LogP contribution in [0.15, 0.2) is 82.8 Å². The van der Waals surface area contributed by atoms with Gasteiger partial charge < -0.3 is 14.8 Å². The van der Waals surface area contributed by atoms with E-state index in [1.54, 1.807) is 26.2 Å². The van der Waals surface area contributed by atoms with Crippen molar-refractivity contribution in [2.24, 2.45) is 4.99 Å². The molecule has 0 bridgehead atoms. The van der Waals surface area contributed by atoms with Gasteiger partial charge in [-0.3, -0.25) is 14.8 Å². The largest absolute Gasteiger partial charge is 0.394 e. The van der Waals surface area contributed by atoms with Crippen molar-refractivity contribution < 1.29 is 14.6 Å². The fraction of sp³-hybridized carbons (Fsp3) is 0.207. The van der Waals surface area contributed by atoms with Crippen LogP contribution in [-0.2, 0) is 12.1 Å². The normalized spacial score (nSPS) is 13.8. The van der Waals surface area contributed by atoms with Gasteiger partial charge in [0.2, 0.25) is 0 Å². The lowest BCUT2D eigenvalue weighted by molar-refractivity contribution is 0.0738. The molecule has 3 heterocycles. The summed E-state index contributed by atoms with van der Waals surface area (Å²) in [5.41, 5.74) is 4.98. The molecule has 1 aliphatic rings. The number of hydrogen-bond donors (Lipinski definition) is 2. The van der Waals surface area contributed by atoms with Crippen molar-refractivity contribution in [2.45, 2.75) is 32.0 Å². The molecule has 1 aliphatic heterocycles. The summed E-state index contributed by atoms with van der Waals surface area (Å²) in [7, 11) is 0. The molecule has 0 saturated heterocycles. The van der Waals surface area contributed by atoms with Gasteiger partial charge in [-0.15, -0.1) is 0 Å². The molecule has 188 valence electrons. The van der Waals surface area contributed by atoms with Crippen molar-refractivity contribution in [3.05, 3.63) is 122 Å². The second-order valence-corrected chi connectivity index (χ2v) is 9.97. The molecule has 0 saturated carbocycles. The number of aliphatic imine (C=N–C) groups is 1. The van der Waals surface area contributed by atoms with Crippen LogP contribution in [0.3, 0.4) is 0 Å². The Balaban J connectivity index is 1.49. The van der Waals surface area contributed by atoms with E-state index in [0.717, 1.165) is 33.5 Å². The van der Waals surface area contributed by atoms with Crippen LogP contribution < -0.4 is 5.56 Å². The molecule has 0 fully saturated rings.